The van der Waals surface area contributed by atoms with Crippen LogP contribution in [0, 0.1) is 11.3 Å². The summed E-state index contributed by atoms with van der Waals surface area (Å²) in [6, 6.07) is 1.82. The number of anilines is 1. The van der Waals surface area contributed by atoms with E-state index in [1.165, 1.54) is 10.8 Å². The third kappa shape index (κ3) is 3.94. The summed E-state index contributed by atoms with van der Waals surface area (Å²) >= 11 is 0. The number of halogens is 1. The van der Waals surface area contributed by atoms with Gasteiger partial charge >= 0.3 is 7.60 Å². The van der Waals surface area contributed by atoms with Crippen LogP contribution in [0.5, 0.6) is 0 Å². The van der Waals surface area contributed by atoms with E-state index in [0.29, 0.717) is 0 Å². The maximum absolute atomic E-state index is 13.0. The van der Waals surface area contributed by atoms with Crippen molar-refractivity contribution in [2.24, 2.45) is 0 Å². The number of aromatic nitrogens is 3. The Kier molecular flexibility index (Phi) is 4.82. The van der Waals surface area contributed by atoms with Gasteiger partial charge in [-0.2, -0.15) is 10.2 Å². The van der Waals surface area contributed by atoms with E-state index in [-0.39, 0.29) is 29.1 Å². The summed E-state index contributed by atoms with van der Waals surface area (Å²) in [6.45, 7) is -1.23. The molecule has 12 heteroatoms. The van der Waals surface area contributed by atoms with Crippen LogP contribution in [0.25, 0.3) is 11.0 Å². The minimum Gasteiger partial charge on any atom is -0.369 e. The van der Waals surface area contributed by atoms with E-state index in [1.807, 2.05) is 6.07 Å². The molecular formula is C11H13FN5O5P. The highest BCUT2D eigenvalue weighted by molar-refractivity contribution is 7.51. The Balaban J connectivity index is 2.38. The Morgan fingerprint density at radius 1 is 1.61 bits per heavy atom. The van der Waals surface area contributed by atoms with Gasteiger partial charge in [-0.3, -0.25) is 14.3 Å². The minimum atomic E-state index is -4.44. The molecule has 0 saturated carbocycles. The Hall–Kier alpha value is -2.25. The highest BCUT2D eigenvalue weighted by Gasteiger charge is 2.21. The number of nitrogens with two attached hydrogens (primary N) is 1. The molecule has 5 N–H and O–H groups in total. The van der Waals surface area contributed by atoms with Crippen LogP contribution >= 0.6 is 7.60 Å². The van der Waals surface area contributed by atoms with Crippen molar-refractivity contribution in [3.63, 3.8) is 0 Å². The smallest absolute Gasteiger partial charge is 0.350 e. The number of nitrogens with one attached hydrogen (secondary N) is 1. The third-order valence-corrected chi connectivity index (χ3v) is 3.40. The summed E-state index contributed by atoms with van der Waals surface area (Å²) in [4.78, 5) is 35.5. The Bertz CT molecular complexity index is 866. The lowest BCUT2D eigenvalue weighted by molar-refractivity contribution is 0.0446. The van der Waals surface area contributed by atoms with Gasteiger partial charge < -0.3 is 24.8 Å². The Labute approximate surface area is 128 Å². The van der Waals surface area contributed by atoms with Crippen LogP contribution in [0.4, 0.5) is 10.3 Å². The number of ether oxygens (including phenoxy) is 1. The standard InChI is InChI=1S/C11H13FN5O5P/c12-1-7(22-5-23(19,20)21)4-17-3-6(2-13)8-9(17)15-11(14)16-10(8)18/h3,7H,1,4-5H2,(H2,19,20,21)(H3,14,15,16,18)/t7-/m1/s1. The van der Waals surface area contributed by atoms with Gasteiger partial charge in [0.05, 0.1) is 12.1 Å². The summed E-state index contributed by atoms with van der Waals surface area (Å²) in [7, 11) is -4.44. The molecule has 2 aromatic heterocycles. The number of aromatic amines is 1. The number of rotatable bonds is 6. The predicted octanol–water partition coefficient (Wildman–Crippen LogP) is -0.332. The second kappa shape index (κ2) is 6.47. The number of alkyl halides is 1. The van der Waals surface area contributed by atoms with Gasteiger partial charge in [-0.25, -0.2) is 4.39 Å². The van der Waals surface area contributed by atoms with E-state index >= 15 is 0 Å². The zero-order valence-corrected chi connectivity index (χ0v) is 12.5. The molecule has 0 aliphatic carbocycles. The lowest BCUT2D eigenvalue weighted by Crippen LogP contribution is -2.23. The van der Waals surface area contributed by atoms with Crippen LogP contribution in [-0.2, 0) is 15.8 Å². The molecule has 1 atom stereocenters. The van der Waals surface area contributed by atoms with Crippen molar-refractivity contribution in [2.45, 2.75) is 12.6 Å². The quantitative estimate of drug-likeness (QED) is 0.516. The van der Waals surface area contributed by atoms with Crippen molar-refractivity contribution in [2.75, 3.05) is 18.8 Å². The van der Waals surface area contributed by atoms with Gasteiger partial charge in [0.2, 0.25) is 5.95 Å². The summed E-state index contributed by atoms with van der Waals surface area (Å²) in [5.41, 5.74) is 4.91. The lowest BCUT2D eigenvalue weighted by atomic mass is 10.3. The molecule has 10 nitrogen and oxygen atoms in total. The fraction of sp³-hybridized carbons (Fsp3) is 0.364. The first-order valence-corrected chi connectivity index (χ1v) is 8.05. The third-order valence-electron chi connectivity index (χ3n) is 2.92. The van der Waals surface area contributed by atoms with E-state index in [1.54, 1.807) is 0 Å². The van der Waals surface area contributed by atoms with Crippen molar-refractivity contribution in [1.82, 2.24) is 14.5 Å². The molecule has 0 aliphatic rings. The van der Waals surface area contributed by atoms with Crippen molar-refractivity contribution < 1.29 is 23.5 Å². The summed E-state index contributed by atoms with van der Waals surface area (Å²) < 4.78 is 29.9. The highest BCUT2D eigenvalue weighted by atomic mass is 31.2. The predicted molar refractivity (Wildman–Crippen MR) is 77.2 cm³/mol. The number of fused-ring (bicyclic) bond motifs is 1. The first-order valence-electron chi connectivity index (χ1n) is 6.26. The van der Waals surface area contributed by atoms with E-state index < -0.39 is 32.3 Å². The highest BCUT2D eigenvalue weighted by Crippen LogP contribution is 2.34. The van der Waals surface area contributed by atoms with Crippen molar-refractivity contribution >= 4 is 24.6 Å². The molecule has 2 aromatic rings. The Morgan fingerprint density at radius 2 is 2.30 bits per heavy atom. The molecular weight excluding hydrogens is 332 g/mol. The van der Waals surface area contributed by atoms with Gasteiger partial charge in [0.25, 0.3) is 5.56 Å². The SMILES string of the molecule is N#Cc1cn(C[C@@H](CF)OCP(=O)(O)O)c2nc(N)[nH]c(=O)c12. The molecule has 0 saturated heterocycles. The zero-order valence-electron chi connectivity index (χ0n) is 11.6. The topological polar surface area (TPSA) is 167 Å². The fourth-order valence-electron chi connectivity index (χ4n) is 2.00. The molecule has 0 radical (unpaired) electrons. The first-order chi connectivity index (χ1) is 10.7. The second-order valence-corrected chi connectivity index (χ2v) is 6.28. The summed E-state index contributed by atoms with van der Waals surface area (Å²) in [6.07, 6.45) is -0.857. The largest absolute Gasteiger partial charge is 0.369 e. The van der Waals surface area contributed by atoms with Gasteiger partial charge in [0, 0.05) is 6.20 Å². The number of nitrogens with zero attached hydrogens (tertiary/aromatic N) is 3. The van der Waals surface area contributed by atoms with Crippen LogP contribution in [0.3, 0.4) is 0 Å². The van der Waals surface area contributed by atoms with Gasteiger partial charge in [0.1, 0.15) is 30.6 Å². The molecule has 0 aromatic carbocycles. The van der Waals surface area contributed by atoms with Gasteiger partial charge in [-0.05, 0) is 0 Å². The summed E-state index contributed by atoms with van der Waals surface area (Å²) in [5.74, 6) is -0.181. The van der Waals surface area contributed by atoms with Gasteiger partial charge in [-0.1, -0.05) is 0 Å². The maximum Gasteiger partial charge on any atom is 0.350 e. The average molecular weight is 345 g/mol. The van der Waals surface area contributed by atoms with Crippen LogP contribution < -0.4 is 11.3 Å². The number of H-pyrrole nitrogens is 1. The fourth-order valence-corrected chi connectivity index (χ4v) is 2.41. The zero-order chi connectivity index (χ0) is 17.2. The molecule has 23 heavy (non-hydrogen) atoms. The monoisotopic (exact) mass is 345 g/mol. The molecule has 124 valence electrons. The second-order valence-electron chi connectivity index (χ2n) is 4.69. The van der Waals surface area contributed by atoms with E-state index in [2.05, 4.69) is 9.97 Å². The van der Waals surface area contributed by atoms with Crippen molar-refractivity contribution in [3.05, 3.63) is 22.1 Å². The lowest BCUT2D eigenvalue weighted by Gasteiger charge is -2.16. The van der Waals surface area contributed by atoms with Crippen LogP contribution in [0.1, 0.15) is 5.56 Å². The summed E-state index contributed by atoms with van der Waals surface area (Å²) in [5, 5.41) is 9.06. The number of hydrogen-bond acceptors (Lipinski definition) is 6. The van der Waals surface area contributed by atoms with Crippen LogP contribution in [0.15, 0.2) is 11.0 Å². The van der Waals surface area contributed by atoms with E-state index in [4.69, 9.17) is 25.5 Å². The van der Waals surface area contributed by atoms with Gasteiger partial charge in [0.15, 0.2) is 5.65 Å². The number of nitrogen functional groups attached to an aromatic ring is 1. The van der Waals surface area contributed by atoms with Crippen LogP contribution in [-0.4, -0.2) is 43.4 Å². The number of hydrogen-bond donors (Lipinski definition) is 4. The maximum atomic E-state index is 13.0. The normalized spacial score (nSPS) is 13.1. The molecule has 0 spiro atoms. The average Bonchev–Trinajstić information content (AvgIpc) is 2.80. The van der Waals surface area contributed by atoms with Crippen molar-refractivity contribution in [1.29, 1.82) is 5.26 Å². The van der Waals surface area contributed by atoms with Crippen molar-refractivity contribution in [3.8, 4) is 6.07 Å². The molecule has 0 unspecified atom stereocenters. The number of nitriles is 1. The minimum absolute atomic E-state index is 0.00528. The molecule has 0 aliphatic heterocycles. The van der Waals surface area contributed by atoms with Crippen LogP contribution in [0.2, 0.25) is 0 Å². The molecule has 0 amide bonds. The van der Waals surface area contributed by atoms with Gasteiger partial charge in [-0.15, -0.1) is 0 Å². The molecule has 2 rings (SSSR count). The molecule has 0 bridgehead atoms. The molecule has 2 heterocycles. The first kappa shape index (κ1) is 17.1. The van der Waals surface area contributed by atoms with E-state index in [9.17, 15) is 13.8 Å². The molecule has 0 fully saturated rings. The van der Waals surface area contributed by atoms with E-state index in [0.717, 1.165) is 0 Å². The Morgan fingerprint density at radius 3 is 2.87 bits per heavy atom.